The van der Waals surface area contributed by atoms with Crippen LogP contribution >= 0.6 is 0 Å². The minimum atomic E-state index is 0.168. The van der Waals surface area contributed by atoms with E-state index in [0.29, 0.717) is 6.04 Å². The molecule has 3 nitrogen and oxygen atoms in total. The maximum absolute atomic E-state index is 6.29. The molecule has 1 atom stereocenters. The number of likely N-dealkylation sites (tertiary alicyclic amines) is 1. The van der Waals surface area contributed by atoms with Gasteiger partial charge in [0.1, 0.15) is 12.4 Å². The van der Waals surface area contributed by atoms with Gasteiger partial charge in [-0.1, -0.05) is 18.6 Å². The second-order valence-corrected chi connectivity index (χ2v) is 7.03. The summed E-state index contributed by atoms with van der Waals surface area (Å²) >= 11 is 0. The number of ether oxygens (including phenoxy) is 1. The van der Waals surface area contributed by atoms with E-state index in [9.17, 15) is 0 Å². The van der Waals surface area contributed by atoms with Crippen LogP contribution in [0.5, 0.6) is 5.75 Å². The summed E-state index contributed by atoms with van der Waals surface area (Å²) in [5.74, 6) is 1.08. The van der Waals surface area contributed by atoms with Crippen LogP contribution in [0, 0.1) is 0 Å². The fourth-order valence-corrected chi connectivity index (χ4v) is 3.91. The molecule has 0 bridgehead atoms. The maximum Gasteiger partial charge on any atom is 0.124 e. The number of hydrogen-bond donors (Lipinski definition) is 1. The van der Waals surface area contributed by atoms with E-state index < -0.39 is 0 Å². The summed E-state index contributed by atoms with van der Waals surface area (Å²) in [5, 5.41) is 3.41. The first-order chi connectivity index (χ1) is 10.1. The Labute approximate surface area is 128 Å². The molecule has 1 N–H and O–H groups in total. The second-order valence-electron chi connectivity index (χ2n) is 7.03. The monoisotopic (exact) mass is 288 g/mol. The highest BCUT2D eigenvalue weighted by atomic mass is 16.5. The van der Waals surface area contributed by atoms with Crippen LogP contribution in [-0.4, -0.2) is 29.6 Å². The Morgan fingerprint density at radius 2 is 2.14 bits per heavy atom. The molecule has 0 amide bonds. The van der Waals surface area contributed by atoms with Crippen LogP contribution in [-0.2, 0) is 13.1 Å². The zero-order chi connectivity index (χ0) is 14.9. The Bertz CT molecular complexity index is 500. The van der Waals surface area contributed by atoms with Gasteiger partial charge in [0.25, 0.3) is 0 Å². The van der Waals surface area contributed by atoms with E-state index in [1.165, 1.54) is 36.9 Å². The van der Waals surface area contributed by atoms with Crippen molar-refractivity contribution < 1.29 is 4.74 Å². The molecule has 2 aliphatic rings. The number of benzene rings is 1. The van der Waals surface area contributed by atoms with Crippen molar-refractivity contribution in [3.05, 3.63) is 29.3 Å². The maximum atomic E-state index is 6.29. The number of fused-ring (bicyclic) bond motifs is 1. The first-order valence-corrected chi connectivity index (χ1v) is 8.31. The summed E-state index contributed by atoms with van der Waals surface area (Å²) in [6.45, 7) is 10.9. The third-order valence-electron chi connectivity index (χ3n) is 5.07. The lowest BCUT2D eigenvalue weighted by Crippen LogP contribution is -2.56. The Kier molecular flexibility index (Phi) is 4.23. The number of piperidine rings is 1. The molecule has 3 heteroatoms. The quantitative estimate of drug-likeness (QED) is 0.920. The van der Waals surface area contributed by atoms with Gasteiger partial charge >= 0.3 is 0 Å². The highest BCUT2D eigenvalue weighted by Crippen LogP contribution is 2.32. The molecule has 21 heavy (non-hydrogen) atoms. The van der Waals surface area contributed by atoms with Crippen molar-refractivity contribution in [3.8, 4) is 5.75 Å². The van der Waals surface area contributed by atoms with Gasteiger partial charge in [0.2, 0.25) is 0 Å². The smallest absolute Gasteiger partial charge is 0.124 e. The highest BCUT2D eigenvalue weighted by Gasteiger charge is 2.36. The summed E-state index contributed by atoms with van der Waals surface area (Å²) in [6.07, 6.45) is 3.87. The molecule has 0 radical (unpaired) electrons. The summed E-state index contributed by atoms with van der Waals surface area (Å²) in [6, 6.07) is 7.02. The fourth-order valence-electron chi connectivity index (χ4n) is 3.91. The summed E-state index contributed by atoms with van der Waals surface area (Å²) in [7, 11) is 0. The Hall–Kier alpha value is -1.06. The van der Waals surface area contributed by atoms with Crippen molar-refractivity contribution in [1.82, 2.24) is 10.2 Å². The minimum Gasteiger partial charge on any atom is -0.491 e. The van der Waals surface area contributed by atoms with Gasteiger partial charge in [-0.3, -0.25) is 4.90 Å². The van der Waals surface area contributed by atoms with Crippen LogP contribution in [0.3, 0.4) is 0 Å². The van der Waals surface area contributed by atoms with E-state index in [4.69, 9.17) is 4.74 Å². The summed E-state index contributed by atoms with van der Waals surface area (Å²) in [4.78, 5) is 2.62. The Balaban J connectivity index is 1.73. The van der Waals surface area contributed by atoms with Gasteiger partial charge in [-0.2, -0.15) is 0 Å². The Morgan fingerprint density at radius 1 is 1.29 bits per heavy atom. The fraction of sp³-hybridized carbons (Fsp3) is 0.667. The van der Waals surface area contributed by atoms with Crippen molar-refractivity contribution in [2.24, 2.45) is 0 Å². The van der Waals surface area contributed by atoms with E-state index >= 15 is 0 Å². The van der Waals surface area contributed by atoms with Crippen LogP contribution in [0.2, 0.25) is 0 Å². The molecule has 0 aromatic heterocycles. The van der Waals surface area contributed by atoms with E-state index in [1.807, 2.05) is 0 Å². The van der Waals surface area contributed by atoms with Crippen molar-refractivity contribution >= 4 is 0 Å². The molecule has 0 saturated carbocycles. The average Bonchev–Trinajstić information content (AvgIpc) is 2.94. The molecular formula is C18H28N2O. The standard InChI is InChI=1S/C18H28N2O/c1-14(2)20-10-5-4-9-18(20,3)13-21-17-8-6-7-15-11-19-12-16(15)17/h6-8,14,19H,4-5,9-13H2,1-3H3. The van der Waals surface area contributed by atoms with E-state index in [1.54, 1.807) is 0 Å². The van der Waals surface area contributed by atoms with Gasteiger partial charge in [-0.05, 0) is 51.8 Å². The number of nitrogens with one attached hydrogen (secondary N) is 1. The molecule has 1 saturated heterocycles. The zero-order valence-electron chi connectivity index (χ0n) is 13.6. The van der Waals surface area contributed by atoms with Crippen molar-refractivity contribution in [3.63, 3.8) is 0 Å². The molecule has 1 aromatic rings. The van der Waals surface area contributed by atoms with Gasteiger partial charge in [0.15, 0.2) is 0 Å². The molecule has 116 valence electrons. The average molecular weight is 288 g/mol. The first-order valence-electron chi connectivity index (χ1n) is 8.31. The molecule has 1 unspecified atom stereocenters. The topological polar surface area (TPSA) is 24.5 Å². The normalized spacial score (nSPS) is 26.1. The molecule has 1 fully saturated rings. The van der Waals surface area contributed by atoms with E-state index in [-0.39, 0.29) is 5.54 Å². The third-order valence-corrected chi connectivity index (χ3v) is 5.07. The molecule has 0 spiro atoms. The zero-order valence-corrected chi connectivity index (χ0v) is 13.6. The van der Waals surface area contributed by atoms with Crippen LogP contribution in [0.25, 0.3) is 0 Å². The molecule has 0 aliphatic carbocycles. The molecule has 3 rings (SSSR count). The van der Waals surface area contributed by atoms with Gasteiger partial charge in [-0.15, -0.1) is 0 Å². The summed E-state index contributed by atoms with van der Waals surface area (Å²) in [5.41, 5.74) is 2.91. The highest BCUT2D eigenvalue weighted by molar-refractivity contribution is 5.42. The second kappa shape index (κ2) is 5.98. The SMILES string of the molecule is CC(C)N1CCCCC1(C)COc1cccc2c1CNC2. The van der Waals surface area contributed by atoms with E-state index in [2.05, 4.69) is 49.2 Å². The molecule has 2 aliphatic heterocycles. The largest absolute Gasteiger partial charge is 0.491 e. The first kappa shape index (κ1) is 14.9. The molecule has 1 aromatic carbocycles. The number of rotatable bonds is 4. The molecular weight excluding hydrogens is 260 g/mol. The van der Waals surface area contributed by atoms with Gasteiger partial charge in [0, 0.05) is 24.7 Å². The third kappa shape index (κ3) is 2.95. The number of nitrogens with zero attached hydrogens (tertiary/aromatic N) is 1. The predicted octanol–water partition coefficient (Wildman–Crippen LogP) is 3.32. The van der Waals surface area contributed by atoms with Crippen molar-refractivity contribution in [2.45, 2.75) is 64.7 Å². The lowest BCUT2D eigenvalue weighted by atomic mass is 9.88. The van der Waals surface area contributed by atoms with Crippen LogP contribution < -0.4 is 10.1 Å². The van der Waals surface area contributed by atoms with Crippen LogP contribution in [0.1, 0.15) is 51.2 Å². The summed E-state index contributed by atoms with van der Waals surface area (Å²) < 4.78 is 6.29. The van der Waals surface area contributed by atoms with E-state index in [0.717, 1.165) is 25.4 Å². The van der Waals surface area contributed by atoms with Crippen molar-refractivity contribution in [2.75, 3.05) is 13.2 Å². The van der Waals surface area contributed by atoms with Gasteiger partial charge in [0.05, 0.1) is 5.54 Å². The van der Waals surface area contributed by atoms with Crippen molar-refractivity contribution in [1.29, 1.82) is 0 Å². The van der Waals surface area contributed by atoms with Gasteiger partial charge in [-0.25, -0.2) is 0 Å². The van der Waals surface area contributed by atoms with Crippen LogP contribution in [0.15, 0.2) is 18.2 Å². The lowest BCUT2D eigenvalue weighted by Gasteiger charge is -2.47. The Morgan fingerprint density at radius 3 is 2.95 bits per heavy atom. The lowest BCUT2D eigenvalue weighted by molar-refractivity contribution is -0.00162. The molecule has 2 heterocycles. The van der Waals surface area contributed by atoms with Gasteiger partial charge < -0.3 is 10.1 Å². The minimum absolute atomic E-state index is 0.168. The number of hydrogen-bond acceptors (Lipinski definition) is 3. The predicted molar refractivity (Wildman–Crippen MR) is 86.6 cm³/mol. The van der Waals surface area contributed by atoms with Crippen LogP contribution in [0.4, 0.5) is 0 Å².